The second kappa shape index (κ2) is 8.11. The van der Waals surface area contributed by atoms with Crippen molar-refractivity contribution < 1.29 is 4.79 Å². The van der Waals surface area contributed by atoms with Crippen molar-refractivity contribution >= 4 is 29.3 Å². The highest BCUT2D eigenvalue weighted by atomic mass is 35.5. The van der Waals surface area contributed by atoms with E-state index in [-0.39, 0.29) is 11.2 Å². The summed E-state index contributed by atoms with van der Waals surface area (Å²) in [6.45, 7) is 2.59. The maximum absolute atomic E-state index is 11.7. The molecule has 0 spiro atoms. The number of benzene rings is 2. The number of carbonyl (C=O) groups excluding carboxylic acids is 1. The number of hydrogen-bond donors (Lipinski definition) is 1. The quantitative estimate of drug-likeness (QED) is 0.860. The smallest absolute Gasteiger partial charge is 0.230 e. The molecular formula is C17H18ClNOS. The predicted molar refractivity (Wildman–Crippen MR) is 90.9 cm³/mol. The molecule has 0 bridgehead atoms. The van der Waals surface area contributed by atoms with Gasteiger partial charge in [-0.15, -0.1) is 11.8 Å². The van der Waals surface area contributed by atoms with Crippen LogP contribution in [-0.4, -0.2) is 18.2 Å². The Kier molecular flexibility index (Phi) is 6.15. The van der Waals surface area contributed by atoms with Crippen molar-refractivity contribution in [3.8, 4) is 0 Å². The van der Waals surface area contributed by atoms with Crippen LogP contribution in [0.1, 0.15) is 23.3 Å². The first-order valence-electron chi connectivity index (χ1n) is 6.89. The maximum Gasteiger partial charge on any atom is 0.230 e. The number of hydrogen-bond acceptors (Lipinski definition) is 2. The Labute approximate surface area is 134 Å². The summed E-state index contributed by atoms with van der Waals surface area (Å²) >= 11 is 7.59. The Bertz CT molecular complexity index is 571. The summed E-state index contributed by atoms with van der Waals surface area (Å²) in [7, 11) is 0. The number of amides is 1. The van der Waals surface area contributed by atoms with Gasteiger partial charge in [-0.05, 0) is 30.2 Å². The third kappa shape index (κ3) is 4.80. The molecule has 1 N–H and O–H groups in total. The van der Waals surface area contributed by atoms with Crippen molar-refractivity contribution in [2.75, 3.05) is 12.3 Å². The zero-order valence-corrected chi connectivity index (χ0v) is 13.5. The van der Waals surface area contributed by atoms with Crippen LogP contribution >= 0.6 is 23.4 Å². The summed E-state index contributed by atoms with van der Waals surface area (Å²) in [6.07, 6.45) is 0. The monoisotopic (exact) mass is 319 g/mol. The number of thioether (sulfide) groups is 1. The SMILES string of the molecule is CCNC(=O)CS[C@@H](c1ccccc1)c1ccc(Cl)cc1. The summed E-state index contributed by atoms with van der Waals surface area (Å²) in [6, 6.07) is 18.0. The first kappa shape index (κ1) is 15.9. The van der Waals surface area contributed by atoms with Gasteiger partial charge < -0.3 is 5.32 Å². The van der Waals surface area contributed by atoms with Crippen molar-refractivity contribution in [3.05, 3.63) is 70.7 Å². The standard InChI is InChI=1S/C17H18ClNOS/c1-2-19-16(20)12-21-17(13-6-4-3-5-7-13)14-8-10-15(18)11-9-14/h3-11,17H,2,12H2,1H3,(H,19,20)/t17-/m0/s1. The number of rotatable bonds is 6. The molecule has 0 aliphatic carbocycles. The van der Waals surface area contributed by atoms with Crippen molar-refractivity contribution in [2.24, 2.45) is 0 Å². The first-order chi connectivity index (χ1) is 10.2. The third-order valence-corrected chi connectivity index (χ3v) is 4.59. The molecule has 2 aromatic rings. The number of halogens is 1. The van der Waals surface area contributed by atoms with Crippen LogP contribution in [0.5, 0.6) is 0 Å². The van der Waals surface area contributed by atoms with Crippen LogP contribution < -0.4 is 5.32 Å². The van der Waals surface area contributed by atoms with E-state index in [9.17, 15) is 4.79 Å². The zero-order valence-electron chi connectivity index (χ0n) is 11.9. The van der Waals surface area contributed by atoms with Gasteiger partial charge in [0, 0.05) is 11.6 Å². The van der Waals surface area contributed by atoms with Crippen LogP contribution in [0.15, 0.2) is 54.6 Å². The Morgan fingerprint density at radius 1 is 1.10 bits per heavy atom. The van der Waals surface area contributed by atoms with E-state index >= 15 is 0 Å². The molecule has 2 rings (SSSR count). The second-order valence-corrected chi connectivity index (χ2v) is 6.14. The fourth-order valence-corrected chi connectivity index (χ4v) is 3.30. The van der Waals surface area contributed by atoms with Gasteiger partial charge in [0.1, 0.15) is 0 Å². The van der Waals surface area contributed by atoms with Crippen LogP contribution in [0.3, 0.4) is 0 Å². The van der Waals surface area contributed by atoms with E-state index in [1.54, 1.807) is 11.8 Å². The van der Waals surface area contributed by atoms with E-state index in [2.05, 4.69) is 17.4 Å². The molecule has 1 atom stereocenters. The zero-order chi connectivity index (χ0) is 15.1. The van der Waals surface area contributed by atoms with Gasteiger partial charge in [0.15, 0.2) is 0 Å². The molecule has 0 aliphatic rings. The van der Waals surface area contributed by atoms with Gasteiger partial charge in [-0.3, -0.25) is 4.79 Å². The van der Waals surface area contributed by atoms with Crippen molar-refractivity contribution in [2.45, 2.75) is 12.2 Å². The van der Waals surface area contributed by atoms with Gasteiger partial charge in [0.05, 0.1) is 11.0 Å². The van der Waals surface area contributed by atoms with Gasteiger partial charge in [-0.25, -0.2) is 0 Å². The molecule has 110 valence electrons. The van der Waals surface area contributed by atoms with E-state index in [1.807, 2.05) is 49.4 Å². The lowest BCUT2D eigenvalue weighted by molar-refractivity contribution is -0.118. The third-order valence-electron chi connectivity index (χ3n) is 3.03. The molecule has 21 heavy (non-hydrogen) atoms. The minimum atomic E-state index is 0.0670. The lowest BCUT2D eigenvalue weighted by Gasteiger charge is -2.17. The molecule has 4 heteroatoms. The summed E-state index contributed by atoms with van der Waals surface area (Å²) in [5, 5.41) is 3.68. The molecule has 2 aromatic carbocycles. The summed E-state index contributed by atoms with van der Waals surface area (Å²) in [4.78, 5) is 11.7. The molecule has 0 heterocycles. The van der Waals surface area contributed by atoms with Crippen LogP contribution in [0, 0.1) is 0 Å². The average Bonchev–Trinajstić information content (AvgIpc) is 2.50. The molecule has 0 saturated carbocycles. The molecule has 0 fully saturated rings. The van der Waals surface area contributed by atoms with E-state index in [1.165, 1.54) is 5.56 Å². The van der Waals surface area contributed by atoms with Gasteiger partial charge in [-0.2, -0.15) is 0 Å². The van der Waals surface area contributed by atoms with Crippen LogP contribution in [0.4, 0.5) is 0 Å². The largest absolute Gasteiger partial charge is 0.356 e. The van der Waals surface area contributed by atoms with Crippen LogP contribution in [0.2, 0.25) is 5.02 Å². The van der Waals surface area contributed by atoms with Gasteiger partial charge in [-0.1, -0.05) is 54.1 Å². The van der Waals surface area contributed by atoms with E-state index < -0.39 is 0 Å². The fraction of sp³-hybridized carbons (Fsp3) is 0.235. The van der Waals surface area contributed by atoms with E-state index in [0.717, 1.165) is 10.6 Å². The Balaban J connectivity index is 2.18. The Morgan fingerprint density at radius 2 is 1.71 bits per heavy atom. The van der Waals surface area contributed by atoms with Crippen molar-refractivity contribution in [1.82, 2.24) is 5.32 Å². The molecule has 0 saturated heterocycles. The minimum absolute atomic E-state index is 0.0670. The van der Waals surface area contributed by atoms with Crippen molar-refractivity contribution in [3.63, 3.8) is 0 Å². The van der Waals surface area contributed by atoms with Gasteiger partial charge in [0.2, 0.25) is 5.91 Å². The lowest BCUT2D eigenvalue weighted by Crippen LogP contribution is -2.24. The Hall–Kier alpha value is -1.45. The van der Waals surface area contributed by atoms with Crippen molar-refractivity contribution in [1.29, 1.82) is 0 Å². The van der Waals surface area contributed by atoms with Crippen LogP contribution in [-0.2, 0) is 4.79 Å². The molecule has 2 nitrogen and oxygen atoms in total. The second-order valence-electron chi connectivity index (χ2n) is 4.61. The molecule has 1 amide bonds. The summed E-state index contributed by atoms with van der Waals surface area (Å²) in [5.74, 6) is 0.508. The summed E-state index contributed by atoms with van der Waals surface area (Å²) < 4.78 is 0. The van der Waals surface area contributed by atoms with Gasteiger partial charge >= 0.3 is 0 Å². The molecule has 0 radical (unpaired) electrons. The fourth-order valence-electron chi connectivity index (χ4n) is 2.06. The number of carbonyl (C=O) groups is 1. The lowest BCUT2D eigenvalue weighted by atomic mass is 10.0. The highest BCUT2D eigenvalue weighted by Crippen LogP contribution is 2.35. The summed E-state index contributed by atoms with van der Waals surface area (Å²) in [5.41, 5.74) is 2.34. The molecule has 0 unspecified atom stereocenters. The van der Waals surface area contributed by atoms with E-state index in [4.69, 9.17) is 11.6 Å². The predicted octanol–water partition coefficient (Wildman–Crippen LogP) is 4.30. The number of nitrogens with one attached hydrogen (secondary N) is 1. The maximum atomic E-state index is 11.7. The minimum Gasteiger partial charge on any atom is -0.356 e. The van der Waals surface area contributed by atoms with Crippen LogP contribution in [0.25, 0.3) is 0 Å². The molecule has 0 aliphatic heterocycles. The average molecular weight is 320 g/mol. The highest BCUT2D eigenvalue weighted by molar-refractivity contribution is 8.00. The highest BCUT2D eigenvalue weighted by Gasteiger charge is 2.16. The molecule has 0 aromatic heterocycles. The van der Waals surface area contributed by atoms with E-state index in [0.29, 0.717) is 12.3 Å². The molecular weight excluding hydrogens is 302 g/mol. The Morgan fingerprint density at radius 3 is 2.33 bits per heavy atom. The topological polar surface area (TPSA) is 29.1 Å². The van der Waals surface area contributed by atoms with Gasteiger partial charge in [0.25, 0.3) is 0 Å². The first-order valence-corrected chi connectivity index (χ1v) is 8.32. The normalized spacial score (nSPS) is 11.9.